The van der Waals surface area contributed by atoms with Gasteiger partial charge in [0.1, 0.15) is 5.69 Å². The summed E-state index contributed by atoms with van der Waals surface area (Å²) in [5.74, 6) is 0.0332. The molecule has 5 heteroatoms. The molecule has 1 saturated heterocycles. The molecule has 21 heavy (non-hydrogen) atoms. The lowest BCUT2D eigenvalue weighted by Crippen LogP contribution is -2.58. The minimum atomic E-state index is 0.0332. The summed E-state index contributed by atoms with van der Waals surface area (Å²) < 4.78 is 5.12. The Kier molecular flexibility index (Phi) is 5.70. The van der Waals surface area contributed by atoms with Crippen LogP contribution in [0, 0.1) is 0 Å². The average molecular weight is 291 g/mol. The van der Waals surface area contributed by atoms with Crippen LogP contribution in [0.25, 0.3) is 0 Å². The number of piperazine rings is 1. The number of nitrogens with zero attached hydrogens (tertiary/aromatic N) is 3. The summed E-state index contributed by atoms with van der Waals surface area (Å²) in [7, 11) is 1.73. The van der Waals surface area contributed by atoms with Crippen molar-refractivity contribution < 1.29 is 9.53 Å². The zero-order valence-electron chi connectivity index (χ0n) is 13.2. The zero-order valence-corrected chi connectivity index (χ0v) is 13.2. The van der Waals surface area contributed by atoms with Crippen LogP contribution in [0.3, 0.4) is 0 Å². The summed E-state index contributed by atoms with van der Waals surface area (Å²) >= 11 is 0. The van der Waals surface area contributed by atoms with Crippen molar-refractivity contribution in [3.8, 4) is 0 Å². The predicted octanol–water partition coefficient (Wildman–Crippen LogP) is 1.65. The van der Waals surface area contributed by atoms with Crippen molar-refractivity contribution in [3.63, 3.8) is 0 Å². The molecule has 2 rings (SSSR count). The Bertz CT molecular complexity index is 440. The molecule has 0 bridgehead atoms. The summed E-state index contributed by atoms with van der Waals surface area (Å²) in [5.41, 5.74) is 0.532. The Hall–Kier alpha value is -1.46. The number of carbonyl (C=O) groups is 1. The molecule has 2 heterocycles. The van der Waals surface area contributed by atoms with E-state index in [1.54, 1.807) is 19.4 Å². The number of amides is 1. The maximum Gasteiger partial charge on any atom is 0.272 e. The topological polar surface area (TPSA) is 45.7 Å². The third-order valence-corrected chi connectivity index (χ3v) is 4.04. The van der Waals surface area contributed by atoms with Gasteiger partial charge in [0, 0.05) is 51.6 Å². The SMILES string of the molecule is COCCCN1C(C)CN(C(=O)c2ccccn2)CC1C. The summed E-state index contributed by atoms with van der Waals surface area (Å²) in [6.45, 7) is 7.68. The van der Waals surface area contributed by atoms with Crippen LogP contribution >= 0.6 is 0 Å². The van der Waals surface area contributed by atoms with Gasteiger partial charge < -0.3 is 9.64 Å². The molecule has 1 aromatic heterocycles. The lowest BCUT2D eigenvalue weighted by molar-refractivity contribution is 0.0267. The van der Waals surface area contributed by atoms with Gasteiger partial charge in [0.05, 0.1) is 0 Å². The van der Waals surface area contributed by atoms with Gasteiger partial charge in [-0.15, -0.1) is 0 Å². The van der Waals surface area contributed by atoms with E-state index >= 15 is 0 Å². The van der Waals surface area contributed by atoms with Crippen molar-refractivity contribution in [1.82, 2.24) is 14.8 Å². The largest absolute Gasteiger partial charge is 0.385 e. The van der Waals surface area contributed by atoms with Crippen LogP contribution in [0.2, 0.25) is 0 Å². The van der Waals surface area contributed by atoms with Crippen LogP contribution in [0.1, 0.15) is 30.8 Å². The minimum Gasteiger partial charge on any atom is -0.385 e. The van der Waals surface area contributed by atoms with E-state index in [1.807, 2.05) is 17.0 Å². The molecule has 1 aliphatic rings. The lowest BCUT2D eigenvalue weighted by Gasteiger charge is -2.44. The number of hydrogen-bond acceptors (Lipinski definition) is 4. The first-order chi connectivity index (χ1) is 10.1. The number of carbonyl (C=O) groups excluding carboxylic acids is 1. The van der Waals surface area contributed by atoms with E-state index in [4.69, 9.17) is 4.74 Å². The lowest BCUT2D eigenvalue weighted by atomic mass is 10.1. The van der Waals surface area contributed by atoms with E-state index in [-0.39, 0.29) is 5.91 Å². The minimum absolute atomic E-state index is 0.0332. The molecule has 0 spiro atoms. The summed E-state index contributed by atoms with van der Waals surface area (Å²) in [6, 6.07) is 6.18. The van der Waals surface area contributed by atoms with Crippen LogP contribution in [0.4, 0.5) is 0 Å². The Morgan fingerprint density at radius 2 is 2.05 bits per heavy atom. The highest BCUT2D eigenvalue weighted by atomic mass is 16.5. The van der Waals surface area contributed by atoms with E-state index in [2.05, 4.69) is 23.7 Å². The average Bonchev–Trinajstić information content (AvgIpc) is 2.50. The van der Waals surface area contributed by atoms with Crippen LogP contribution in [0.5, 0.6) is 0 Å². The first kappa shape index (κ1) is 15.9. The summed E-state index contributed by atoms with van der Waals surface area (Å²) in [4.78, 5) is 21.0. The first-order valence-corrected chi connectivity index (χ1v) is 7.58. The second-order valence-electron chi connectivity index (χ2n) is 5.71. The fraction of sp³-hybridized carbons (Fsp3) is 0.625. The molecule has 0 saturated carbocycles. The van der Waals surface area contributed by atoms with Gasteiger partial charge in [-0.25, -0.2) is 0 Å². The summed E-state index contributed by atoms with van der Waals surface area (Å²) in [5, 5.41) is 0. The van der Waals surface area contributed by atoms with Gasteiger partial charge in [-0.3, -0.25) is 14.7 Å². The maximum atomic E-state index is 12.5. The van der Waals surface area contributed by atoms with Gasteiger partial charge in [-0.05, 0) is 32.4 Å². The molecule has 0 N–H and O–H groups in total. The van der Waals surface area contributed by atoms with Crippen molar-refractivity contribution >= 4 is 5.91 Å². The molecule has 0 aliphatic carbocycles. The van der Waals surface area contributed by atoms with Crippen molar-refractivity contribution in [2.75, 3.05) is 33.4 Å². The predicted molar refractivity (Wildman–Crippen MR) is 82.3 cm³/mol. The molecule has 1 amide bonds. The quantitative estimate of drug-likeness (QED) is 0.774. The van der Waals surface area contributed by atoms with Crippen LogP contribution in [-0.2, 0) is 4.74 Å². The van der Waals surface area contributed by atoms with E-state index in [0.29, 0.717) is 17.8 Å². The standard InChI is InChI=1S/C16H25N3O2/c1-13-11-18(16(20)15-7-4-5-8-17-15)12-14(2)19(13)9-6-10-21-3/h4-5,7-8,13-14H,6,9-12H2,1-3H3. The van der Waals surface area contributed by atoms with Crippen molar-refractivity contribution in [2.24, 2.45) is 0 Å². The number of methoxy groups -OCH3 is 1. The number of pyridine rings is 1. The Morgan fingerprint density at radius 3 is 2.62 bits per heavy atom. The monoisotopic (exact) mass is 291 g/mol. The third-order valence-electron chi connectivity index (χ3n) is 4.04. The van der Waals surface area contributed by atoms with E-state index < -0.39 is 0 Å². The van der Waals surface area contributed by atoms with Crippen LogP contribution in [0.15, 0.2) is 24.4 Å². The highest BCUT2D eigenvalue weighted by Gasteiger charge is 2.31. The third kappa shape index (κ3) is 4.02. The highest BCUT2D eigenvalue weighted by molar-refractivity contribution is 5.92. The highest BCUT2D eigenvalue weighted by Crippen LogP contribution is 2.17. The molecule has 0 aromatic carbocycles. The molecule has 1 fully saturated rings. The van der Waals surface area contributed by atoms with Crippen molar-refractivity contribution in [2.45, 2.75) is 32.4 Å². The molecular formula is C16H25N3O2. The van der Waals surface area contributed by atoms with Crippen LogP contribution in [-0.4, -0.2) is 66.1 Å². The second-order valence-corrected chi connectivity index (χ2v) is 5.71. The molecule has 2 atom stereocenters. The second kappa shape index (κ2) is 7.52. The van der Waals surface area contributed by atoms with Crippen LogP contribution < -0.4 is 0 Å². The number of aromatic nitrogens is 1. The smallest absolute Gasteiger partial charge is 0.272 e. The molecule has 1 aliphatic heterocycles. The van der Waals surface area contributed by atoms with E-state index in [1.165, 1.54) is 0 Å². The van der Waals surface area contributed by atoms with E-state index in [9.17, 15) is 4.79 Å². The normalized spacial score (nSPS) is 23.3. The molecule has 0 radical (unpaired) electrons. The number of rotatable bonds is 5. The van der Waals surface area contributed by atoms with Crippen molar-refractivity contribution in [3.05, 3.63) is 30.1 Å². The molecule has 5 nitrogen and oxygen atoms in total. The Labute approximate surface area is 126 Å². The molecule has 116 valence electrons. The van der Waals surface area contributed by atoms with Gasteiger partial charge in [0.2, 0.25) is 0 Å². The van der Waals surface area contributed by atoms with Gasteiger partial charge in [0.25, 0.3) is 5.91 Å². The fourth-order valence-electron chi connectivity index (χ4n) is 3.01. The number of ether oxygens (including phenoxy) is 1. The first-order valence-electron chi connectivity index (χ1n) is 7.58. The van der Waals surface area contributed by atoms with E-state index in [0.717, 1.165) is 32.7 Å². The Balaban J connectivity index is 1.96. The fourth-order valence-corrected chi connectivity index (χ4v) is 3.01. The molecule has 2 unspecified atom stereocenters. The zero-order chi connectivity index (χ0) is 15.2. The number of hydrogen-bond donors (Lipinski definition) is 0. The van der Waals surface area contributed by atoms with Gasteiger partial charge >= 0.3 is 0 Å². The van der Waals surface area contributed by atoms with Gasteiger partial charge in [0.15, 0.2) is 0 Å². The maximum absolute atomic E-state index is 12.5. The molecular weight excluding hydrogens is 266 g/mol. The van der Waals surface area contributed by atoms with Crippen molar-refractivity contribution in [1.29, 1.82) is 0 Å². The summed E-state index contributed by atoms with van der Waals surface area (Å²) in [6.07, 6.45) is 2.69. The van der Waals surface area contributed by atoms with Gasteiger partial charge in [-0.1, -0.05) is 6.07 Å². The van der Waals surface area contributed by atoms with Gasteiger partial charge in [-0.2, -0.15) is 0 Å². The Morgan fingerprint density at radius 1 is 1.33 bits per heavy atom. The molecule has 1 aromatic rings.